The summed E-state index contributed by atoms with van der Waals surface area (Å²) in [5.41, 5.74) is 3.17. The first-order valence-corrected chi connectivity index (χ1v) is 15.8. The molecule has 1 aliphatic rings. The number of halogens is 2. The summed E-state index contributed by atoms with van der Waals surface area (Å²) in [6, 6.07) is 19.8. The smallest absolute Gasteiger partial charge is 0.338 e. The minimum absolute atomic E-state index is 0.202. The third kappa shape index (κ3) is 6.79. The fraction of sp³-hybridized carbons (Fsp3) is 0.242. The second-order valence-electron chi connectivity index (χ2n) is 9.79. The second-order valence-corrected chi connectivity index (χ2v) is 12.1. The molecule has 7 nitrogen and oxygen atoms in total. The van der Waals surface area contributed by atoms with Gasteiger partial charge in [0.1, 0.15) is 24.1 Å². The summed E-state index contributed by atoms with van der Waals surface area (Å²) >= 11 is 10.9. The van der Waals surface area contributed by atoms with E-state index in [4.69, 9.17) is 30.8 Å². The predicted octanol–water partition coefficient (Wildman–Crippen LogP) is 6.58. The minimum Gasteiger partial charge on any atom is -0.496 e. The summed E-state index contributed by atoms with van der Waals surface area (Å²) in [6.45, 7) is 4.38. The molecule has 5 rings (SSSR count). The Kier molecular flexibility index (Phi) is 9.85. The molecule has 0 saturated heterocycles. The van der Waals surface area contributed by atoms with E-state index in [0.717, 1.165) is 22.0 Å². The molecule has 43 heavy (non-hydrogen) atoms. The maximum absolute atomic E-state index is 14.1. The number of esters is 1. The summed E-state index contributed by atoms with van der Waals surface area (Å²) in [5.74, 6) is 0.753. The molecule has 0 spiro atoms. The number of thiazole rings is 1. The van der Waals surface area contributed by atoms with Crippen molar-refractivity contribution in [3.63, 3.8) is 0 Å². The molecule has 0 unspecified atom stereocenters. The van der Waals surface area contributed by atoms with Crippen LogP contribution in [0.15, 0.2) is 92.3 Å². The fourth-order valence-corrected chi connectivity index (χ4v) is 6.55. The van der Waals surface area contributed by atoms with Crippen molar-refractivity contribution < 1.29 is 19.0 Å². The lowest BCUT2D eigenvalue weighted by atomic mass is 9.93. The van der Waals surface area contributed by atoms with E-state index < -0.39 is 12.0 Å². The Labute approximate surface area is 266 Å². The van der Waals surface area contributed by atoms with Gasteiger partial charge < -0.3 is 14.2 Å². The summed E-state index contributed by atoms with van der Waals surface area (Å²) < 4.78 is 20.0. The van der Waals surface area contributed by atoms with Gasteiger partial charge in [0.05, 0.1) is 29.5 Å². The zero-order valence-electron chi connectivity index (χ0n) is 23.9. The van der Waals surface area contributed by atoms with Gasteiger partial charge in [-0.1, -0.05) is 76.5 Å². The maximum atomic E-state index is 14.1. The lowest BCUT2D eigenvalue weighted by molar-refractivity contribution is -0.139. The average molecular weight is 682 g/mol. The molecule has 10 heteroatoms. The van der Waals surface area contributed by atoms with Crippen LogP contribution in [0.1, 0.15) is 49.4 Å². The highest BCUT2D eigenvalue weighted by molar-refractivity contribution is 9.10. The minimum atomic E-state index is -0.770. The Morgan fingerprint density at radius 3 is 2.60 bits per heavy atom. The van der Waals surface area contributed by atoms with Gasteiger partial charge in [0.2, 0.25) is 0 Å². The van der Waals surface area contributed by atoms with Crippen molar-refractivity contribution >= 4 is 50.9 Å². The van der Waals surface area contributed by atoms with Crippen LogP contribution >= 0.6 is 38.9 Å². The zero-order valence-corrected chi connectivity index (χ0v) is 27.1. The Balaban J connectivity index is 1.57. The van der Waals surface area contributed by atoms with Crippen LogP contribution in [-0.2, 0) is 16.1 Å². The van der Waals surface area contributed by atoms with E-state index >= 15 is 0 Å². The van der Waals surface area contributed by atoms with Crippen molar-refractivity contribution in [3.05, 3.63) is 124 Å². The van der Waals surface area contributed by atoms with Crippen molar-refractivity contribution in [1.29, 1.82) is 0 Å². The van der Waals surface area contributed by atoms with Crippen LogP contribution in [-0.4, -0.2) is 24.3 Å². The molecule has 0 N–H and O–H groups in total. The van der Waals surface area contributed by atoms with Crippen LogP contribution in [0.4, 0.5) is 0 Å². The van der Waals surface area contributed by atoms with Crippen LogP contribution in [0, 0.1) is 0 Å². The van der Waals surface area contributed by atoms with E-state index in [-0.39, 0.29) is 12.2 Å². The molecule has 0 aliphatic carbocycles. The number of rotatable bonds is 10. The number of nitrogens with zero attached hydrogens (tertiary/aromatic N) is 2. The Hall–Kier alpha value is -3.66. The lowest BCUT2D eigenvalue weighted by Gasteiger charge is -2.27. The molecule has 1 aliphatic heterocycles. The maximum Gasteiger partial charge on any atom is 0.338 e. The monoisotopic (exact) mass is 680 g/mol. The van der Waals surface area contributed by atoms with Crippen LogP contribution in [0.25, 0.3) is 6.08 Å². The highest BCUT2D eigenvalue weighted by Gasteiger charge is 2.36. The highest BCUT2D eigenvalue weighted by atomic mass is 79.9. The van der Waals surface area contributed by atoms with E-state index in [1.807, 2.05) is 79.7 Å². The molecular formula is C33H30BrClN2O5S. The molecule has 1 atom stereocenters. The zero-order chi connectivity index (χ0) is 30.5. The van der Waals surface area contributed by atoms with Crippen molar-refractivity contribution in [2.75, 3.05) is 13.7 Å². The van der Waals surface area contributed by atoms with Crippen LogP contribution < -0.4 is 24.4 Å². The van der Waals surface area contributed by atoms with Gasteiger partial charge in [0, 0.05) is 15.1 Å². The number of carbonyl (C=O) groups is 1. The number of fused-ring (bicyclic) bond motifs is 1. The van der Waals surface area contributed by atoms with Gasteiger partial charge in [-0.15, -0.1) is 0 Å². The van der Waals surface area contributed by atoms with Gasteiger partial charge in [-0.25, -0.2) is 9.79 Å². The predicted molar refractivity (Wildman–Crippen MR) is 173 cm³/mol. The number of methoxy groups -OCH3 is 1. The Bertz CT molecular complexity index is 1860. The molecule has 2 heterocycles. The number of hydrogen-bond acceptors (Lipinski definition) is 7. The highest BCUT2D eigenvalue weighted by Crippen LogP contribution is 2.38. The van der Waals surface area contributed by atoms with Crippen molar-refractivity contribution in [1.82, 2.24) is 4.57 Å². The summed E-state index contributed by atoms with van der Waals surface area (Å²) in [6.07, 6.45) is 3.15. The topological polar surface area (TPSA) is 79.1 Å². The summed E-state index contributed by atoms with van der Waals surface area (Å²) in [5, 5.41) is 0.662. The molecule has 0 radical (unpaired) electrons. The molecule has 222 valence electrons. The van der Waals surface area contributed by atoms with Gasteiger partial charge in [0.15, 0.2) is 4.80 Å². The summed E-state index contributed by atoms with van der Waals surface area (Å²) in [7, 11) is 1.57. The molecule has 3 aromatic carbocycles. The van der Waals surface area contributed by atoms with E-state index in [1.165, 1.54) is 11.3 Å². The second kappa shape index (κ2) is 13.8. The number of allylic oxidation sites excluding steroid dienone is 1. The number of benzene rings is 3. The lowest BCUT2D eigenvalue weighted by Crippen LogP contribution is -2.40. The van der Waals surface area contributed by atoms with Gasteiger partial charge in [0.25, 0.3) is 5.56 Å². The first-order chi connectivity index (χ1) is 20.8. The Morgan fingerprint density at radius 2 is 1.91 bits per heavy atom. The third-order valence-electron chi connectivity index (χ3n) is 6.85. The normalized spacial score (nSPS) is 14.7. The SMILES string of the molecule is CCCC1=C(C(=O)OCC)[C@@H](c2cc(Br)ccc2OC)n2c(s/c(=C/c3ccc(OCc4cccc(Cl)c4)cc3)c2=O)=N1. The van der Waals surface area contributed by atoms with E-state index in [2.05, 4.69) is 15.9 Å². The molecule has 4 aromatic rings. The van der Waals surface area contributed by atoms with Gasteiger partial charge in [-0.3, -0.25) is 9.36 Å². The van der Waals surface area contributed by atoms with Crippen molar-refractivity contribution in [2.24, 2.45) is 4.99 Å². The number of hydrogen-bond donors (Lipinski definition) is 0. The average Bonchev–Trinajstić information content (AvgIpc) is 3.30. The molecule has 1 aromatic heterocycles. The molecule has 0 bridgehead atoms. The third-order valence-corrected chi connectivity index (χ3v) is 8.56. The molecule has 0 fully saturated rings. The Morgan fingerprint density at radius 1 is 1.12 bits per heavy atom. The van der Waals surface area contributed by atoms with E-state index in [0.29, 0.717) is 55.7 Å². The van der Waals surface area contributed by atoms with Crippen LogP contribution in [0.5, 0.6) is 11.5 Å². The van der Waals surface area contributed by atoms with Gasteiger partial charge in [-0.05, 0) is 73.0 Å². The molecule has 0 saturated carbocycles. The van der Waals surface area contributed by atoms with Crippen molar-refractivity contribution in [3.8, 4) is 11.5 Å². The van der Waals surface area contributed by atoms with Gasteiger partial charge >= 0.3 is 5.97 Å². The largest absolute Gasteiger partial charge is 0.496 e. The number of ether oxygens (including phenoxy) is 3. The fourth-order valence-electron chi connectivity index (χ4n) is 4.94. The standard InChI is InChI=1S/C33H30BrClN2O5S/c1-4-7-26-29(32(39)41-5-2)30(25-18-22(34)12-15-27(25)40-3)37-31(38)28(43-33(37)36-26)17-20-10-13-24(14-11-20)42-19-21-8-6-9-23(35)16-21/h6,8-18,30H,4-5,7,19H2,1-3H3/b28-17+/t30-/m1/s1. The van der Waals surface area contributed by atoms with Gasteiger partial charge in [-0.2, -0.15) is 0 Å². The summed E-state index contributed by atoms with van der Waals surface area (Å²) in [4.78, 5) is 32.8. The molecule has 0 amide bonds. The number of carbonyl (C=O) groups excluding carboxylic acids is 1. The van der Waals surface area contributed by atoms with Crippen LogP contribution in [0.2, 0.25) is 5.02 Å². The quantitative estimate of drug-likeness (QED) is 0.177. The number of aromatic nitrogens is 1. The first-order valence-electron chi connectivity index (χ1n) is 13.9. The first kappa shape index (κ1) is 30.8. The molecular weight excluding hydrogens is 652 g/mol. The van der Waals surface area contributed by atoms with Crippen molar-refractivity contribution in [2.45, 2.75) is 39.3 Å². The van der Waals surface area contributed by atoms with E-state index in [9.17, 15) is 9.59 Å². The van der Waals surface area contributed by atoms with Crippen LogP contribution in [0.3, 0.4) is 0 Å². The van der Waals surface area contributed by atoms with E-state index in [1.54, 1.807) is 18.6 Å².